The summed E-state index contributed by atoms with van der Waals surface area (Å²) >= 11 is 0. The van der Waals surface area contributed by atoms with Gasteiger partial charge < -0.3 is 25.3 Å². The average Bonchev–Trinajstić information content (AvgIpc) is 2.60. The van der Waals surface area contributed by atoms with Crippen LogP contribution < -0.4 is 11.1 Å². The van der Waals surface area contributed by atoms with Gasteiger partial charge in [0.1, 0.15) is 12.3 Å². The first-order chi connectivity index (χ1) is 13.7. The maximum absolute atomic E-state index is 11.3. The van der Waals surface area contributed by atoms with E-state index in [0.717, 1.165) is 25.9 Å². The molecule has 29 heavy (non-hydrogen) atoms. The van der Waals surface area contributed by atoms with Crippen LogP contribution in [0.4, 0.5) is 4.79 Å². The van der Waals surface area contributed by atoms with Gasteiger partial charge in [-0.2, -0.15) is 0 Å². The number of unbranched alkanes of at least 4 members (excludes halogenated alkanes) is 1. The monoisotopic (exact) mass is 414 g/mol. The van der Waals surface area contributed by atoms with Gasteiger partial charge in [-0.1, -0.05) is 53.9 Å². The molecule has 4 atom stereocenters. The van der Waals surface area contributed by atoms with Crippen molar-refractivity contribution in [2.45, 2.75) is 91.9 Å². The molecule has 0 aliphatic heterocycles. The predicted molar refractivity (Wildman–Crippen MR) is 113 cm³/mol. The maximum Gasteiger partial charge on any atom is 0.404 e. The third-order valence-electron chi connectivity index (χ3n) is 5.90. The third-order valence-corrected chi connectivity index (χ3v) is 5.90. The number of nitrogens with one attached hydrogen (secondary N) is 1. The van der Waals surface area contributed by atoms with Crippen LogP contribution in [-0.2, 0) is 19.0 Å². The fourth-order valence-electron chi connectivity index (χ4n) is 4.78. The summed E-state index contributed by atoms with van der Waals surface area (Å²) in [5, 5.41) is 2.81. The van der Waals surface area contributed by atoms with Gasteiger partial charge in [-0.05, 0) is 37.0 Å². The van der Waals surface area contributed by atoms with Crippen molar-refractivity contribution in [1.82, 2.24) is 5.32 Å². The fourth-order valence-corrected chi connectivity index (χ4v) is 4.78. The second-order valence-corrected chi connectivity index (χ2v) is 9.49. The predicted octanol–water partition coefficient (Wildman–Crippen LogP) is 3.99. The smallest absolute Gasteiger partial charge is 0.404 e. The van der Waals surface area contributed by atoms with Crippen molar-refractivity contribution in [3.8, 4) is 0 Å². The van der Waals surface area contributed by atoms with Crippen LogP contribution in [0.3, 0.4) is 0 Å². The number of rotatable bonds is 14. The Bertz CT molecular complexity index is 500. The van der Waals surface area contributed by atoms with Crippen LogP contribution in [0.25, 0.3) is 0 Å². The SMILES string of the molecule is CCCCC(CC)COCCOC(NC=O)C1(C)CC(OC(N)=O)CC(C)(C)C1. The van der Waals surface area contributed by atoms with E-state index in [1.807, 2.05) is 0 Å². The molecular formula is C22H42N2O5. The molecule has 1 fully saturated rings. The first kappa shape index (κ1) is 25.7. The molecule has 0 aromatic heterocycles. The first-order valence-corrected chi connectivity index (χ1v) is 11.0. The van der Waals surface area contributed by atoms with Crippen LogP contribution in [0.15, 0.2) is 0 Å². The summed E-state index contributed by atoms with van der Waals surface area (Å²) in [5.41, 5.74) is 4.79. The number of carbonyl (C=O) groups is 2. The second kappa shape index (κ2) is 12.4. The lowest BCUT2D eigenvalue weighted by Gasteiger charge is -2.48. The molecule has 1 aliphatic carbocycles. The number of ether oxygens (including phenoxy) is 3. The molecule has 0 heterocycles. The summed E-state index contributed by atoms with van der Waals surface area (Å²) in [6.45, 7) is 12.3. The fraction of sp³-hybridized carbons (Fsp3) is 0.909. The lowest BCUT2D eigenvalue weighted by molar-refractivity contribution is -0.137. The highest BCUT2D eigenvalue weighted by molar-refractivity contribution is 5.64. The highest BCUT2D eigenvalue weighted by Crippen LogP contribution is 2.49. The molecular weight excluding hydrogens is 372 g/mol. The highest BCUT2D eigenvalue weighted by atomic mass is 16.6. The van der Waals surface area contributed by atoms with Crippen LogP contribution in [0.5, 0.6) is 0 Å². The quantitative estimate of drug-likeness (QED) is 0.254. The lowest BCUT2D eigenvalue weighted by atomic mass is 9.62. The molecule has 0 saturated heterocycles. The van der Waals surface area contributed by atoms with Crippen LogP contribution in [0.2, 0.25) is 0 Å². The number of hydrogen-bond donors (Lipinski definition) is 2. The Hall–Kier alpha value is -1.34. The largest absolute Gasteiger partial charge is 0.446 e. The van der Waals surface area contributed by atoms with Gasteiger partial charge in [-0.15, -0.1) is 0 Å². The Morgan fingerprint density at radius 3 is 2.55 bits per heavy atom. The molecule has 7 heteroatoms. The second-order valence-electron chi connectivity index (χ2n) is 9.49. The molecule has 7 nitrogen and oxygen atoms in total. The van der Waals surface area contributed by atoms with Gasteiger partial charge in [0, 0.05) is 12.0 Å². The standard InChI is InChI=1S/C22H42N2O5/c1-6-8-9-17(7-2)14-27-10-11-28-19(24-16-25)22(5)13-18(29-20(23)26)12-21(3,4)15-22/h16-19H,6-15H2,1-5H3,(H2,23,26)(H,24,25). The minimum absolute atomic E-state index is 0.0661. The zero-order valence-corrected chi connectivity index (χ0v) is 19.0. The van der Waals surface area contributed by atoms with Crippen LogP contribution >= 0.6 is 0 Å². The first-order valence-electron chi connectivity index (χ1n) is 11.0. The Kier molecular flexibility index (Phi) is 11.0. The van der Waals surface area contributed by atoms with Crippen molar-refractivity contribution in [3.63, 3.8) is 0 Å². The molecule has 170 valence electrons. The van der Waals surface area contributed by atoms with Gasteiger partial charge >= 0.3 is 6.09 Å². The molecule has 1 saturated carbocycles. The van der Waals surface area contributed by atoms with Crippen molar-refractivity contribution < 1.29 is 23.8 Å². The summed E-state index contributed by atoms with van der Waals surface area (Å²) in [4.78, 5) is 22.5. The van der Waals surface area contributed by atoms with E-state index in [-0.39, 0.29) is 16.9 Å². The molecule has 0 radical (unpaired) electrons. The van der Waals surface area contributed by atoms with E-state index in [2.05, 4.69) is 39.9 Å². The van der Waals surface area contributed by atoms with E-state index >= 15 is 0 Å². The van der Waals surface area contributed by atoms with Crippen LogP contribution in [0, 0.1) is 16.7 Å². The van der Waals surface area contributed by atoms with E-state index in [1.54, 1.807) is 0 Å². The summed E-state index contributed by atoms with van der Waals surface area (Å²) in [6, 6.07) is 0. The highest BCUT2D eigenvalue weighted by Gasteiger charge is 2.47. The average molecular weight is 415 g/mol. The molecule has 0 spiro atoms. The van der Waals surface area contributed by atoms with Gasteiger partial charge in [0.15, 0.2) is 0 Å². The molecule has 4 unspecified atom stereocenters. The van der Waals surface area contributed by atoms with Crippen molar-refractivity contribution in [3.05, 3.63) is 0 Å². The number of primary amides is 1. The van der Waals surface area contributed by atoms with E-state index in [4.69, 9.17) is 19.9 Å². The van der Waals surface area contributed by atoms with E-state index in [0.29, 0.717) is 32.0 Å². The Labute approximate surface area is 176 Å². The van der Waals surface area contributed by atoms with Gasteiger partial charge in [-0.25, -0.2) is 4.79 Å². The van der Waals surface area contributed by atoms with Crippen molar-refractivity contribution >= 4 is 12.5 Å². The number of amides is 2. The zero-order valence-electron chi connectivity index (χ0n) is 19.0. The lowest BCUT2D eigenvalue weighted by Crippen LogP contribution is -2.52. The molecule has 1 rings (SSSR count). The van der Waals surface area contributed by atoms with E-state index in [1.165, 1.54) is 19.3 Å². The summed E-state index contributed by atoms with van der Waals surface area (Å²) < 4.78 is 17.2. The Morgan fingerprint density at radius 2 is 1.97 bits per heavy atom. The van der Waals surface area contributed by atoms with Gasteiger partial charge in [0.05, 0.1) is 13.2 Å². The molecule has 3 N–H and O–H groups in total. The summed E-state index contributed by atoms with van der Waals surface area (Å²) in [5.74, 6) is 0.585. The molecule has 0 aromatic rings. The summed E-state index contributed by atoms with van der Waals surface area (Å²) in [6.07, 6.45) is 6.02. The van der Waals surface area contributed by atoms with E-state index < -0.39 is 12.3 Å². The topological polar surface area (TPSA) is 99.9 Å². The van der Waals surface area contributed by atoms with Gasteiger partial charge in [0.25, 0.3) is 0 Å². The normalized spacial score (nSPS) is 25.8. The van der Waals surface area contributed by atoms with Gasteiger partial charge in [-0.3, -0.25) is 4.79 Å². The minimum Gasteiger partial charge on any atom is -0.446 e. The number of hydrogen-bond acceptors (Lipinski definition) is 5. The van der Waals surface area contributed by atoms with Crippen LogP contribution in [0.1, 0.15) is 79.6 Å². The minimum atomic E-state index is -0.766. The summed E-state index contributed by atoms with van der Waals surface area (Å²) in [7, 11) is 0. The molecule has 0 bridgehead atoms. The molecule has 2 amide bonds. The van der Waals surface area contributed by atoms with Crippen LogP contribution in [-0.4, -0.2) is 44.7 Å². The van der Waals surface area contributed by atoms with Crippen molar-refractivity contribution in [2.75, 3.05) is 19.8 Å². The number of carbonyl (C=O) groups excluding carboxylic acids is 2. The molecule has 0 aromatic carbocycles. The zero-order chi connectivity index (χ0) is 21.9. The molecule has 1 aliphatic rings. The maximum atomic E-state index is 11.3. The third kappa shape index (κ3) is 9.34. The van der Waals surface area contributed by atoms with Gasteiger partial charge in [0.2, 0.25) is 6.41 Å². The Balaban J connectivity index is 2.60. The van der Waals surface area contributed by atoms with E-state index in [9.17, 15) is 9.59 Å². The van der Waals surface area contributed by atoms with Crippen molar-refractivity contribution in [1.29, 1.82) is 0 Å². The number of nitrogens with two attached hydrogens (primary N) is 1. The Morgan fingerprint density at radius 1 is 1.24 bits per heavy atom. The van der Waals surface area contributed by atoms with Crippen molar-refractivity contribution in [2.24, 2.45) is 22.5 Å².